The number of hydrogen-bond donors (Lipinski definition) is 4. The Kier molecular flexibility index (Phi) is 9.99. The minimum absolute atomic E-state index is 0.0641. The van der Waals surface area contributed by atoms with Gasteiger partial charge in [-0.3, -0.25) is 0 Å². The number of piperidine rings is 1. The molecule has 0 amide bonds. The lowest BCUT2D eigenvalue weighted by atomic mass is 10.00. The number of anilines is 3. The van der Waals surface area contributed by atoms with Crippen LogP contribution in [0.5, 0.6) is 5.75 Å². The molecule has 13 heteroatoms. The number of methoxy groups -OCH3 is 1. The van der Waals surface area contributed by atoms with Crippen LogP contribution < -0.4 is 25.8 Å². The van der Waals surface area contributed by atoms with Crippen molar-refractivity contribution in [3.05, 3.63) is 29.0 Å². The molecule has 1 atom stereocenters. The first-order valence-electron chi connectivity index (χ1n) is 13.8. The van der Waals surface area contributed by atoms with E-state index in [0.717, 1.165) is 12.8 Å². The molecule has 1 unspecified atom stereocenters. The fourth-order valence-electron chi connectivity index (χ4n) is 5.58. The Hall–Kier alpha value is -3.22. The van der Waals surface area contributed by atoms with E-state index in [4.69, 9.17) is 16.3 Å². The molecule has 2 aromatic rings. The van der Waals surface area contributed by atoms with E-state index in [1.165, 1.54) is 25.7 Å². The molecular formula is C27H38ClN7O5. The second-order valence-corrected chi connectivity index (χ2v) is 11.3. The number of hydrogen-bond acceptors (Lipinski definition) is 10. The number of ether oxygens (including phenoxy) is 1. The van der Waals surface area contributed by atoms with Crippen molar-refractivity contribution in [1.29, 1.82) is 0 Å². The van der Waals surface area contributed by atoms with Gasteiger partial charge in [0.25, 0.3) is 0 Å². The number of carbonyl (C=O) groups is 2. The fourth-order valence-corrected chi connectivity index (χ4v) is 5.83. The number of nitrogens with zero attached hydrogens (tertiary/aromatic N) is 4. The van der Waals surface area contributed by atoms with Crippen molar-refractivity contribution < 1.29 is 29.0 Å². The van der Waals surface area contributed by atoms with Gasteiger partial charge in [-0.25, -0.2) is 4.79 Å². The van der Waals surface area contributed by atoms with Gasteiger partial charge in [0.1, 0.15) is 17.5 Å². The van der Waals surface area contributed by atoms with Crippen molar-refractivity contribution in [1.82, 2.24) is 20.3 Å². The Balaban J connectivity index is 1.46. The van der Waals surface area contributed by atoms with E-state index in [1.54, 1.807) is 26.3 Å². The molecule has 1 saturated heterocycles. The predicted molar refractivity (Wildman–Crippen MR) is 148 cm³/mol. The maximum absolute atomic E-state index is 11.5. The molecule has 1 aliphatic heterocycles. The topological polar surface area (TPSA) is 161 Å². The van der Waals surface area contributed by atoms with Crippen LogP contribution in [0.25, 0.3) is 0 Å². The summed E-state index contributed by atoms with van der Waals surface area (Å²) < 4.78 is 5.15. The smallest absolute Gasteiger partial charge is 0.368 e. The van der Waals surface area contributed by atoms with E-state index in [-0.39, 0.29) is 10.5 Å². The maximum Gasteiger partial charge on any atom is 0.368 e. The quantitative estimate of drug-likeness (QED) is 0.177. The number of quaternary nitrogens is 1. The van der Waals surface area contributed by atoms with Crippen LogP contribution in [-0.4, -0.2) is 81.9 Å². The van der Waals surface area contributed by atoms with Crippen LogP contribution in [0, 0.1) is 0 Å². The molecular weight excluding hydrogens is 538 g/mol. The SMILES string of the molecule is COc1ccc(Nc2nc(CNC3CC[N+](C)(C(C(=O)[O-])C(=O)O)CC3)nc(NC3CCCCCC3)n2)cc1Cl. The van der Waals surface area contributed by atoms with Crippen molar-refractivity contribution in [2.24, 2.45) is 0 Å². The molecule has 0 radical (unpaired) electrons. The Morgan fingerprint density at radius 3 is 2.35 bits per heavy atom. The Morgan fingerprint density at radius 1 is 1.07 bits per heavy atom. The van der Waals surface area contributed by atoms with E-state index < -0.39 is 18.0 Å². The molecule has 0 bridgehead atoms. The number of likely N-dealkylation sites (N-methyl/N-ethyl adjacent to an activating group) is 1. The Morgan fingerprint density at radius 2 is 1.75 bits per heavy atom. The molecule has 12 nitrogen and oxygen atoms in total. The number of likely N-dealkylation sites (tertiary alicyclic amines) is 1. The second kappa shape index (κ2) is 13.4. The highest BCUT2D eigenvalue weighted by molar-refractivity contribution is 6.32. The molecule has 0 spiro atoms. The summed E-state index contributed by atoms with van der Waals surface area (Å²) in [6.45, 7) is 1.18. The lowest BCUT2D eigenvalue weighted by Crippen LogP contribution is -2.66. The van der Waals surface area contributed by atoms with Gasteiger partial charge in [0, 0.05) is 30.6 Å². The zero-order valence-corrected chi connectivity index (χ0v) is 23.7. The highest BCUT2D eigenvalue weighted by atomic mass is 35.5. The number of halogens is 1. The summed E-state index contributed by atoms with van der Waals surface area (Å²) in [5, 5.41) is 31.5. The average Bonchev–Trinajstić information content (AvgIpc) is 3.16. The zero-order chi connectivity index (χ0) is 28.7. The first-order chi connectivity index (χ1) is 19.2. The van der Waals surface area contributed by atoms with Gasteiger partial charge in [0.15, 0.2) is 0 Å². The summed E-state index contributed by atoms with van der Waals surface area (Å²) in [5.74, 6) is -0.916. The van der Waals surface area contributed by atoms with E-state index in [2.05, 4.69) is 30.9 Å². The van der Waals surface area contributed by atoms with Crippen molar-refractivity contribution in [3.8, 4) is 5.75 Å². The largest absolute Gasteiger partial charge is 0.543 e. The third-order valence-corrected chi connectivity index (χ3v) is 8.18. The van der Waals surface area contributed by atoms with Gasteiger partial charge in [-0.2, -0.15) is 15.0 Å². The fraction of sp³-hybridized carbons (Fsp3) is 0.593. The molecule has 1 aromatic heterocycles. The lowest BCUT2D eigenvalue weighted by molar-refractivity contribution is -0.923. The summed E-state index contributed by atoms with van der Waals surface area (Å²) in [4.78, 5) is 36.9. The van der Waals surface area contributed by atoms with E-state index in [0.29, 0.717) is 72.7 Å². The minimum Gasteiger partial charge on any atom is -0.543 e. The normalized spacial score (nSPS) is 22.6. The average molecular weight is 576 g/mol. The molecule has 2 heterocycles. The number of nitrogens with one attached hydrogen (secondary N) is 3. The number of benzene rings is 1. The Bertz CT molecular complexity index is 1170. The van der Waals surface area contributed by atoms with Gasteiger partial charge < -0.3 is 40.2 Å². The number of aromatic nitrogens is 3. The summed E-state index contributed by atoms with van der Waals surface area (Å²) in [6.07, 6.45) is 8.19. The molecule has 2 fully saturated rings. The first-order valence-corrected chi connectivity index (χ1v) is 14.2. The van der Waals surface area contributed by atoms with Gasteiger partial charge in [-0.15, -0.1) is 0 Å². The van der Waals surface area contributed by atoms with E-state index in [9.17, 15) is 19.8 Å². The van der Waals surface area contributed by atoms with Crippen molar-refractivity contribution in [2.45, 2.75) is 76.0 Å². The molecule has 1 aromatic carbocycles. The summed E-state index contributed by atoms with van der Waals surface area (Å²) in [7, 11) is 3.22. The third kappa shape index (κ3) is 7.70. The third-order valence-electron chi connectivity index (χ3n) is 7.88. The summed E-state index contributed by atoms with van der Waals surface area (Å²) in [6, 6.07) is 4.13. The minimum atomic E-state index is -1.58. The van der Waals surface area contributed by atoms with Crippen LogP contribution in [0.2, 0.25) is 5.02 Å². The van der Waals surface area contributed by atoms with Crippen LogP contribution in [0.4, 0.5) is 17.6 Å². The molecule has 40 heavy (non-hydrogen) atoms. The van der Waals surface area contributed by atoms with E-state index >= 15 is 0 Å². The molecule has 4 rings (SSSR count). The van der Waals surface area contributed by atoms with Crippen LogP contribution >= 0.6 is 11.6 Å². The number of aliphatic carboxylic acids is 2. The standard InChI is InChI=1S/C27H38ClN7O5/c1-35(23(24(36)37)25(38)39)13-11-17(12-14-35)29-16-22-32-26(30-18-7-5-3-4-6-8-18)34-27(33-22)31-19-9-10-21(40-2)20(28)15-19/h9-10,15,17-18,23,29H,3-8,11-14,16H2,1-2H3,(H3-,30,31,32,33,34,36,37,38,39). The number of rotatable bonds is 11. The first kappa shape index (κ1) is 29.8. The van der Waals surface area contributed by atoms with Crippen LogP contribution in [0.3, 0.4) is 0 Å². The zero-order valence-electron chi connectivity index (χ0n) is 23.0. The summed E-state index contributed by atoms with van der Waals surface area (Å²) in [5.41, 5.74) is 0.710. The van der Waals surface area contributed by atoms with Crippen LogP contribution in [0.1, 0.15) is 57.2 Å². The van der Waals surface area contributed by atoms with Gasteiger partial charge in [-0.1, -0.05) is 37.3 Å². The van der Waals surface area contributed by atoms with Crippen LogP contribution in [0.15, 0.2) is 18.2 Å². The van der Waals surface area contributed by atoms with Gasteiger partial charge >= 0.3 is 5.97 Å². The van der Waals surface area contributed by atoms with Crippen molar-refractivity contribution in [3.63, 3.8) is 0 Å². The number of carbonyl (C=O) groups excluding carboxylic acids is 1. The molecule has 2 aliphatic rings. The molecule has 4 N–H and O–H groups in total. The predicted octanol–water partition coefficient (Wildman–Crippen LogP) is 2.31. The van der Waals surface area contributed by atoms with Crippen molar-refractivity contribution in [2.75, 3.05) is 37.9 Å². The molecule has 1 aliphatic carbocycles. The monoisotopic (exact) mass is 575 g/mol. The number of carboxylic acid groups (broad SMARTS) is 2. The van der Waals surface area contributed by atoms with Crippen LogP contribution in [-0.2, 0) is 16.1 Å². The van der Waals surface area contributed by atoms with E-state index in [1.807, 2.05) is 6.07 Å². The maximum atomic E-state index is 11.5. The van der Waals surface area contributed by atoms with Gasteiger partial charge in [0.2, 0.25) is 17.9 Å². The Labute approximate surface area is 239 Å². The summed E-state index contributed by atoms with van der Waals surface area (Å²) >= 11 is 6.30. The van der Waals surface area contributed by atoms with Crippen molar-refractivity contribution >= 4 is 41.1 Å². The highest BCUT2D eigenvalue weighted by Crippen LogP contribution is 2.29. The highest BCUT2D eigenvalue weighted by Gasteiger charge is 2.42. The van der Waals surface area contributed by atoms with Gasteiger partial charge in [-0.05, 0) is 31.0 Å². The lowest BCUT2D eigenvalue weighted by Gasteiger charge is -2.44. The second-order valence-electron chi connectivity index (χ2n) is 10.8. The van der Waals surface area contributed by atoms with Gasteiger partial charge in [0.05, 0.1) is 38.8 Å². The molecule has 218 valence electrons. The number of carboxylic acids is 2. The molecule has 1 saturated carbocycles.